The average molecular weight is 268 g/mol. The van der Waals surface area contributed by atoms with E-state index in [4.69, 9.17) is 11.6 Å². The van der Waals surface area contributed by atoms with E-state index in [1.165, 1.54) is 6.20 Å². The van der Waals surface area contributed by atoms with Crippen molar-refractivity contribution in [2.24, 2.45) is 0 Å². The van der Waals surface area contributed by atoms with Gasteiger partial charge in [-0.2, -0.15) is 13.2 Å². The Balaban J connectivity index is 2.33. The van der Waals surface area contributed by atoms with E-state index in [0.29, 0.717) is 0 Å². The van der Waals surface area contributed by atoms with Crippen LogP contribution in [0.1, 0.15) is 23.3 Å². The maximum atomic E-state index is 11.8. The summed E-state index contributed by atoms with van der Waals surface area (Å²) in [6.07, 6.45) is -2.96. The second-order valence-corrected chi connectivity index (χ2v) is 3.59. The van der Waals surface area contributed by atoms with Crippen molar-refractivity contribution in [2.45, 2.75) is 19.0 Å². The van der Waals surface area contributed by atoms with E-state index in [-0.39, 0.29) is 23.8 Å². The number of carbonyl (C=O) groups is 1. The van der Waals surface area contributed by atoms with Gasteiger partial charge in [0.1, 0.15) is 10.8 Å². The summed E-state index contributed by atoms with van der Waals surface area (Å²) in [5.74, 6) is -0.573. The van der Waals surface area contributed by atoms with E-state index >= 15 is 0 Å². The minimum absolute atomic E-state index is 0.0152. The molecule has 1 N–H and O–H groups in total. The smallest absolute Gasteiger partial charge is 0.351 e. The van der Waals surface area contributed by atoms with E-state index in [0.717, 1.165) is 6.20 Å². The van der Waals surface area contributed by atoms with Gasteiger partial charge in [0.2, 0.25) is 0 Å². The topological polar surface area (TPSA) is 54.9 Å². The molecule has 0 fully saturated rings. The minimum atomic E-state index is -4.20. The molecule has 1 rings (SSSR count). The number of halogens is 4. The predicted octanol–water partition coefficient (Wildman–Crippen LogP) is 2.20. The highest BCUT2D eigenvalue weighted by molar-refractivity contribution is 6.29. The normalized spacial score (nSPS) is 11.3. The number of hydrogen-bond donors (Lipinski definition) is 1. The van der Waals surface area contributed by atoms with E-state index < -0.39 is 18.5 Å². The minimum Gasteiger partial charge on any atom is -0.351 e. The first-order valence-electron chi connectivity index (χ1n) is 4.71. The number of nitrogens with one attached hydrogen (secondary N) is 1. The van der Waals surface area contributed by atoms with Crippen molar-refractivity contribution in [3.8, 4) is 0 Å². The number of carbonyl (C=O) groups excluding carboxylic acids is 1. The van der Waals surface area contributed by atoms with E-state index in [1.807, 2.05) is 0 Å². The van der Waals surface area contributed by atoms with Crippen molar-refractivity contribution < 1.29 is 18.0 Å². The SMILES string of the molecule is O=C(NCCCC(F)(F)F)c1cnc(Cl)cn1. The standard InChI is InChI=1S/C9H9ClF3N3O/c10-7-5-15-6(4-16-7)8(17)14-3-1-2-9(11,12)13/h4-5H,1-3H2,(H,14,17). The summed E-state index contributed by atoms with van der Waals surface area (Å²) in [6, 6.07) is 0. The monoisotopic (exact) mass is 267 g/mol. The van der Waals surface area contributed by atoms with Gasteiger partial charge in [-0.25, -0.2) is 9.97 Å². The Morgan fingerprint density at radius 1 is 1.35 bits per heavy atom. The third-order valence-corrected chi connectivity index (χ3v) is 1.97. The van der Waals surface area contributed by atoms with Crippen LogP contribution in [-0.2, 0) is 0 Å². The highest BCUT2D eigenvalue weighted by atomic mass is 35.5. The first-order valence-corrected chi connectivity index (χ1v) is 5.09. The summed E-state index contributed by atoms with van der Waals surface area (Å²) in [6.45, 7) is -0.0668. The average Bonchev–Trinajstić information content (AvgIpc) is 2.24. The molecular weight excluding hydrogens is 259 g/mol. The summed E-state index contributed by atoms with van der Waals surface area (Å²) >= 11 is 5.46. The summed E-state index contributed by atoms with van der Waals surface area (Å²) in [4.78, 5) is 18.6. The van der Waals surface area contributed by atoms with Crippen LogP contribution in [-0.4, -0.2) is 28.6 Å². The summed E-state index contributed by atoms with van der Waals surface area (Å²) < 4.78 is 35.4. The fourth-order valence-electron chi connectivity index (χ4n) is 1.01. The fourth-order valence-corrected chi connectivity index (χ4v) is 1.11. The molecule has 0 bridgehead atoms. The molecule has 0 saturated heterocycles. The van der Waals surface area contributed by atoms with Gasteiger partial charge in [-0.05, 0) is 6.42 Å². The van der Waals surface area contributed by atoms with Crippen molar-refractivity contribution in [1.82, 2.24) is 15.3 Å². The van der Waals surface area contributed by atoms with Crippen LogP contribution in [0, 0.1) is 0 Å². The molecule has 0 aliphatic rings. The molecule has 94 valence electrons. The summed E-state index contributed by atoms with van der Waals surface area (Å²) in [5, 5.41) is 2.44. The molecule has 0 aliphatic carbocycles. The van der Waals surface area contributed by atoms with Gasteiger partial charge < -0.3 is 5.32 Å². The first kappa shape index (κ1) is 13.7. The maximum Gasteiger partial charge on any atom is 0.389 e. The molecule has 0 atom stereocenters. The molecule has 0 radical (unpaired) electrons. The predicted molar refractivity (Wildman–Crippen MR) is 54.7 cm³/mol. The molecule has 1 amide bonds. The van der Waals surface area contributed by atoms with Gasteiger partial charge in [-0.1, -0.05) is 11.6 Å². The van der Waals surface area contributed by atoms with E-state index in [1.54, 1.807) is 0 Å². The number of alkyl halides is 3. The van der Waals surface area contributed by atoms with Crippen LogP contribution >= 0.6 is 11.6 Å². The lowest BCUT2D eigenvalue weighted by Crippen LogP contribution is -2.26. The van der Waals surface area contributed by atoms with Gasteiger partial charge in [0.15, 0.2) is 0 Å². The van der Waals surface area contributed by atoms with Gasteiger partial charge in [0, 0.05) is 13.0 Å². The lowest BCUT2D eigenvalue weighted by molar-refractivity contribution is -0.135. The maximum absolute atomic E-state index is 11.8. The number of amides is 1. The van der Waals surface area contributed by atoms with Gasteiger partial charge in [-0.15, -0.1) is 0 Å². The Morgan fingerprint density at radius 3 is 2.59 bits per heavy atom. The third kappa shape index (κ3) is 5.48. The second-order valence-electron chi connectivity index (χ2n) is 3.20. The Hall–Kier alpha value is -1.37. The molecule has 0 aromatic carbocycles. The quantitative estimate of drug-likeness (QED) is 0.851. The molecular formula is C9H9ClF3N3O. The van der Waals surface area contributed by atoms with Crippen LogP contribution in [0.2, 0.25) is 5.15 Å². The van der Waals surface area contributed by atoms with Crippen LogP contribution in [0.4, 0.5) is 13.2 Å². The summed E-state index contributed by atoms with van der Waals surface area (Å²) in [5.41, 5.74) is 0.0152. The van der Waals surface area contributed by atoms with Crippen LogP contribution in [0.15, 0.2) is 12.4 Å². The Kier molecular flexibility index (Phi) is 4.68. The molecule has 1 aromatic rings. The number of hydrogen-bond acceptors (Lipinski definition) is 3. The molecule has 17 heavy (non-hydrogen) atoms. The Morgan fingerprint density at radius 2 is 2.06 bits per heavy atom. The van der Waals surface area contributed by atoms with Gasteiger partial charge in [0.25, 0.3) is 5.91 Å². The first-order chi connectivity index (χ1) is 7.88. The number of rotatable bonds is 4. The van der Waals surface area contributed by atoms with Crippen molar-refractivity contribution in [2.75, 3.05) is 6.54 Å². The van der Waals surface area contributed by atoms with E-state index in [2.05, 4.69) is 15.3 Å². The van der Waals surface area contributed by atoms with Crippen LogP contribution in [0.25, 0.3) is 0 Å². The second kappa shape index (κ2) is 5.81. The Bertz CT molecular complexity index is 380. The molecule has 8 heteroatoms. The molecule has 0 saturated carbocycles. The van der Waals surface area contributed by atoms with Crippen molar-refractivity contribution >= 4 is 17.5 Å². The fraction of sp³-hybridized carbons (Fsp3) is 0.444. The van der Waals surface area contributed by atoms with Crippen LogP contribution in [0.5, 0.6) is 0 Å². The Labute approximate surface area is 100 Å². The molecule has 0 unspecified atom stereocenters. The van der Waals surface area contributed by atoms with Gasteiger partial charge in [0.05, 0.1) is 12.4 Å². The van der Waals surface area contributed by atoms with Crippen molar-refractivity contribution in [3.05, 3.63) is 23.2 Å². The van der Waals surface area contributed by atoms with Crippen LogP contribution in [0.3, 0.4) is 0 Å². The molecule has 4 nitrogen and oxygen atoms in total. The number of aromatic nitrogens is 2. The van der Waals surface area contributed by atoms with Crippen LogP contribution < -0.4 is 5.32 Å². The largest absolute Gasteiger partial charge is 0.389 e. The highest BCUT2D eigenvalue weighted by Crippen LogP contribution is 2.20. The van der Waals surface area contributed by atoms with Crippen molar-refractivity contribution in [3.63, 3.8) is 0 Å². The highest BCUT2D eigenvalue weighted by Gasteiger charge is 2.26. The molecule has 0 aliphatic heterocycles. The zero-order chi connectivity index (χ0) is 12.9. The lowest BCUT2D eigenvalue weighted by Gasteiger charge is -2.06. The molecule has 0 spiro atoms. The number of nitrogens with zero attached hydrogens (tertiary/aromatic N) is 2. The van der Waals surface area contributed by atoms with E-state index in [9.17, 15) is 18.0 Å². The third-order valence-electron chi connectivity index (χ3n) is 1.78. The van der Waals surface area contributed by atoms with Gasteiger partial charge in [-0.3, -0.25) is 4.79 Å². The van der Waals surface area contributed by atoms with Crippen molar-refractivity contribution in [1.29, 1.82) is 0 Å². The van der Waals surface area contributed by atoms with Gasteiger partial charge >= 0.3 is 6.18 Å². The molecule has 1 aromatic heterocycles. The zero-order valence-electron chi connectivity index (χ0n) is 8.59. The zero-order valence-corrected chi connectivity index (χ0v) is 9.35. The molecule has 1 heterocycles. The summed E-state index contributed by atoms with van der Waals surface area (Å²) in [7, 11) is 0. The lowest BCUT2D eigenvalue weighted by atomic mass is 10.3.